The Hall–Kier alpha value is -2.58. The number of carbonyl (C=O) groups is 3. The van der Waals surface area contributed by atoms with Crippen LogP contribution >= 0.6 is 0 Å². The minimum Gasteiger partial charge on any atom is -0.466 e. The van der Waals surface area contributed by atoms with Gasteiger partial charge in [0.15, 0.2) is 17.5 Å². The number of carbonyl (C=O) groups excluding carboxylic acids is 3. The van der Waals surface area contributed by atoms with Gasteiger partial charge < -0.3 is 14.4 Å². The number of esters is 1. The van der Waals surface area contributed by atoms with E-state index < -0.39 is 47.9 Å². The van der Waals surface area contributed by atoms with E-state index in [2.05, 4.69) is 4.74 Å². The van der Waals surface area contributed by atoms with Crippen molar-refractivity contribution in [3.63, 3.8) is 0 Å². The van der Waals surface area contributed by atoms with Crippen LogP contribution in [-0.4, -0.2) is 43.0 Å². The summed E-state index contributed by atoms with van der Waals surface area (Å²) in [5.74, 6) is -6.06. The van der Waals surface area contributed by atoms with E-state index in [1.165, 1.54) is 4.90 Å². The van der Waals surface area contributed by atoms with Crippen LogP contribution in [0.5, 0.6) is 0 Å². The molecule has 2 rings (SSSR count). The average Bonchev–Trinajstić information content (AvgIpc) is 2.64. The first-order valence-electron chi connectivity index (χ1n) is 8.45. The second-order valence-corrected chi connectivity index (χ2v) is 6.15. The number of nitrogens with zero attached hydrogens (tertiary/aromatic N) is 1. The van der Waals surface area contributed by atoms with Gasteiger partial charge in [0, 0.05) is 12.5 Å². The molecule has 1 aliphatic rings. The van der Waals surface area contributed by atoms with Crippen LogP contribution in [-0.2, 0) is 19.1 Å². The Bertz CT molecular complexity index is 717. The second-order valence-electron chi connectivity index (χ2n) is 6.15. The number of hydrogen-bond acceptors (Lipinski definition) is 5. The molecule has 1 heterocycles. The summed E-state index contributed by atoms with van der Waals surface area (Å²) in [4.78, 5) is 37.1. The van der Waals surface area contributed by atoms with Gasteiger partial charge in [-0.25, -0.2) is 18.0 Å². The third-order valence-corrected chi connectivity index (χ3v) is 4.48. The molecule has 0 aromatic heterocycles. The fourth-order valence-electron chi connectivity index (χ4n) is 3.18. The van der Waals surface area contributed by atoms with Crippen molar-refractivity contribution in [2.75, 3.05) is 20.3 Å². The molecule has 0 unspecified atom stereocenters. The zero-order valence-corrected chi connectivity index (χ0v) is 15.0. The van der Waals surface area contributed by atoms with Gasteiger partial charge in [0.05, 0.1) is 19.8 Å². The summed E-state index contributed by atoms with van der Waals surface area (Å²) in [6, 6.07) is 0.681. The van der Waals surface area contributed by atoms with Crippen LogP contribution in [0, 0.1) is 23.4 Å². The van der Waals surface area contributed by atoms with E-state index in [1.54, 1.807) is 6.92 Å². The number of ether oxygens (including phenoxy) is 2. The van der Waals surface area contributed by atoms with Gasteiger partial charge in [0.2, 0.25) is 0 Å². The van der Waals surface area contributed by atoms with Crippen LogP contribution in [0.25, 0.3) is 0 Å². The van der Waals surface area contributed by atoms with Crippen molar-refractivity contribution in [3.8, 4) is 0 Å². The topological polar surface area (TPSA) is 72.9 Å². The molecule has 1 aromatic rings. The van der Waals surface area contributed by atoms with Gasteiger partial charge in [-0.3, -0.25) is 9.59 Å². The Kier molecular flexibility index (Phi) is 6.81. The maximum atomic E-state index is 13.6. The SMILES string of the molecule is CCOC(=O)CC(=O)[C@H]1CCN(C(=O)OC)[C@H](c2cc(F)c(F)c(F)c2)C1. The maximum absolute atomic E-state index is 13.6. The average molecular weight is 387 g/mol. The molecule has 27 heavy (non-hydrogen) atoms. The Morgan fingerprint density at radius 2 is 1.81 bits per heavy atom. The number of ketones is 1. The predicted molar refractivity (Wildman–Crippen MR) is 87.1 cm³/mol. The minimum absolute atomic E-state index is 0.00503. The lowest BCUT2D eigenvalue weighted by atomic mass is 9.84. The number of benzene rings is 1. The molecule has 0 bridgehead atoms. The number of methoxy groups -OCH3 is 1. The van der Waals surface area contributed by atoms with Crippen molar-refractivity contribution in [3.05, 3.63) is 35.1 Å². The van der Waals surface area contributed by atoms with Crippen LogP contribution in [0.1, 0.15) is 37.8 Å². The summed E-state index contributed by atoms with van der Waals surface area (Å²) >= 11 is 0. The molecule has 0 spiro atoms. The number of hydrogen-bond donors (Lipinski definition) is 0. The lowest BCUT2D eigenvalue weighted by Crippen LogP contribution is -2.43. The first-order chi connectivity index (χ1) is 12.8. The first kappa shape index (κ1) is 20.7. The van der Waals surface area contributed by atoms with Gasteiger partial charge in [0.25, 0.3) is 0 Å². The van der Waals surface area contributed by atoms with Crippen molar-refractivity contribution in [2.24, 2.45) is 5.92 Å². The number of likely N-dealkylation sites (tertiary alicyclic amines) is 1. The van der Waals surface area contributed by atoms with Gasteiger partial charge in [-0.1, -0.05) is 0 Å². The molecular weight excluding hydrogens is 367 g/mol. The Morgan fingerprint density at radius 1 is 1.19 bits per heavy atom. The molecule has 9 heteroatoms. The van der Waals surface area contributed by atoms with Gasteiger partial charge in [-0.05, 0) is 37.5 Å². The monoisotopic (exact) mass is 387 g/mol. The summed E-state index contributed by atoms with van der Waals surface area (Å²) in [5, 5.41) is 0. The number of Topliss-reactive ketones (excluding diaryl/α,β-unsaturated/α-hetero) is 1. The lowest BCUT2D eigenvalue weighted by Gasteiger charge is -2.38. The Balaban J connectivity index is 2.27. The quantitative estimate of drug-likeness (QED) is 0.441. The van der Waals surface area contributed by atoms with E-state index in [0.717, 1.165) is 19.2 Å². The largest absolute Gasteiger partial charge is 0.466 e. The molecule has 1 aliphatic heterocycles. The van der Waals surface area contributed by atoms with Crippen LogP contribution in [0.4, 0.5) is 18.0 Å². The van der Waals surface area contributed by atoms with Crippen molar-refractivity contribution in [1.29, 1.82) is 0 Å². The highest BCUT2D eigenvalue weighted by Gasteiger charge is 2.37. The van der Waals surface area contributed by atoms with Crippen molar-refractivity contribution in [1.82, 2.24) is 4.90 Å². The number of amides is 1. The third kappa shape index (κ3) is 4.78. The van der Waals surface area contributed by atoms with E-state index in [4.69, 9.17) is 4.74 Å². The summed E-state index contributed by atoms with van der Waals surface area (Å²) < 4.78 is 50.0. The van der Waals surface area contributed by atoms with E-state index in [1.807, 2.05) is 0 Å². The number of halogens is 3. The molecule has 1 aromatic carbocycles. The molecule has 0 saturated carbocycles. The Labute approximate surface area is 154 Å². The highest BCUT2D eigenvalue weighted by molar-refractivity contribution is 5.97. The Morgan fingerprint density at radius 3 is 2.37 bits per heavy atom. The second kappa shape index (κ2) is 8.88. The third-order valence-electron chi connectivity index (χ3n) is 4.48. The molecule has 1 amide bonds. The highest BCUT2D eigenvalue weighted by Crippen LogP contribution is 2.36. The highest BCUT2D eigenvalue weighted by atomic mass is 19.2. The fraction of sp³-hybridized carbons (Fsp3) is 0.500. The summed E-state index contributed by atoms with van der Waals surface area (Å²) in [5.41, 5.74) is 0.00503. The van der Waals surface area contributed by atoms with E-state index in [-0.39, 0.29) is 37.3 Å². The molecule has 148 valence electrons. The molecular formula is C18H20F3NO5. The molecule has 0 N–H and O–H groups in total. The van der Waals surface area contributed by atoms with Crippen molar-refractivity contribution >= 4 is 17.8 Å². The van der Waals surface area contributed by atoms with Crippen LogP contribution in [0.3, 0.4) is 0 Å². The fourth-order valence-corrected chi connectivity index (χ4v) is 3.18. The van der Waals surface area contributed by atoms with E-state index in [0.29, 0.717) is 0 Å². The van der Waals surface area contributed by atoms with E-state index >= 15 is 0 Å². The zero-order valence-electron chi connectivity index (χ0n) is 15.0. The first-order valence-corrected chi connectivity index (χ1v) is 8.45. The van der Waals surface area contributed by atoms with Crippen molar-refractivity contribution in [2.45, 2.75) is 32.2 Å². The maximum Gasteiger partial charge on any atom is 0.409 e. The van der Waals surface area contributed by atoms with Crippen molar-refractivity contribution < 1.29 is 37.0 Å². The van der Waals surface area contributed by atoms with Crippen LogP contribution in [0.2, 0.25) is 0 Å². The molecule has 0 radical (unpaired) electrons. The van der Waals surface area contributed by atoms with E-state index in [9.17, 15) is 27.6 Å². The minimum atomic E-state index is -1.62. The molecule has 6 nitrogen and oxygen atoms in total. The molecule has 1 fully saturated rings. The summed E-state index contributed by atoms with van der Waals surface area (Å²) in [7, 11) is 1.16. The van der Waals surface area contributed by atoms with Crippen LogP contribution < -0.4 is 0 Å². The summed E-state index contributed by atoms with van der Waals surface area (Å²) in [6.45, 7) is 1.84. The predicted octanol–water partition coefficient (Wildman–Crippen LogP) is 3.15. The lowest BCUT2D eigenvalue weighted by molar-refractivity contribution is -0.146. The normalized spacial score (nSPS) is 19.5. The zero-order chi connectivity index (χ0) is 20.1. The van der Waals surface area contributed by atoms with Crippen LogP contribution in [0.15, 0.2) is 12.1 Å². The van der Waals surface area contributed by atoms with Gasteiger partial charge in [-0.15, -0.1) is 0 Å². The number of rotatable bonds is 5. The summed E-state index contributed by atoms with van der Waals surface area (Å²) in [6.07, 6.45) is -0.870. The standard InChI is InChI=1S/C18H20F3NO5/c1-3-27-16(24)9-15(23)10-4-5-22(18(25)26-2)14(8-10)11-6-12(19)17(21)13(20)7-11/h6-7,10,14H,3-5,8-9H2,1-2H3/t10-,14-/m0/s1. The van der Waals surface area contributed by atoms with Gasteiger partial charge >= 0.3 is 12.1 Å². The molecule has 0 aliphatic carbocycles. The smallest absolute Gasteiger partial charge is 0.409 e. The molecule has 2 atom stereocenters. The van der Waals surface area contributed by atoms with Gasteiger partial charge in [0.1, 0.15) is 12.2 Å². The molecule has 1 saturated heterocycles. The van der Waals surface area contributed by atoms with Gasteiger partial charge in [-0.2, -0.15) is 0 Å². The number of piperidine rings is 1.